The second-order valence-electron chi connectivity index (χ2n) is 8.33. The molecular formula is C24H22FN5O5S. The van der Waals surface area contributed by atoms with Gasteiger partial charge in [0, 0.05) is 37.0 Å². The maximum absolute atomic E-state index is 13.8. The van der Waals surface area contributed by atoms with Crippen molar-refractivity contribution >= 4 is 34.7 Å². The summed E-state index contributed by atoms with van der Waals surface area (Å²) in [5.74, 6) is -0.812. The summed E-state index contributed by atoms with van der Waals surface area (Å²) in [6.45, 7) is 0.877. The SMILES string of the molecule is O=C(Nc1ccc2c(c1)OCO2)c1nnc(C(=O)N2CCC[C@H](C(=O)NCc3ccccc3F)C2)s1. The average Bonchev–Trinajstić information content (AvgIpc) is 3.57. The van der Waals surface area contributed by atoms with Crippen molar-refractivity contribution < 1.29 is 28.2 Å². The van der Waals surface area contributed by atoms with Crippen molar-refractivity contribution in [3.05, 3.63) is 63.9 Å². The second-order valence-corrected chi connectivity index (χ2v) is 9.31. The van der Waals surface area contributed by atoms with Crippen LogP contribution in [0.3, 0.4) is 0 Å². The molecular weight excluding hydrogens is 489 g/mol. The number of halogens is 1. The maximum atomic E-state index is 13.8. The Kier molecular flexibility index (Phi) is 6.76. The molecule has 1 aromatic heterocycles. The number of carbonyl (C=O) groups excluding carboxylic acids is 3. The Balaban J connectivity index is 1.17. The molecule has 0 radical (unpaired) electrons. The number of nitrogens with zero attached hydrogens (tertiary/aromatic N) is 3. The first-order valence-corrected chi connectivity index (χ1v) is 12.1. The van der Waals surface area contributed by atoms with Gasteiger partial charge in [-0.15, -0.1) is 10.2 Å². The Labute approximate surface area is 209 Å². The first-order valence-electron chi connectivity index (χ1n) is 11.3. The number of benzene rings is 2. The van der Waals surface area contributed by atoms with Crippen molar-refractivity contribution in [1.82, 2.24) is 20.4 Å². The molecule has 2 aliphatic rings. The zero-order valence-corrected chi connectivity index (χ0v) is 19.8. The van der Waals surface area contributed by atoms with Crippen LogP contribution < -0.4 is 20.1 Å². The lowest BCUT2D eigenvalue weighted by atomic mass is 9.97. The van der Waals surface area contributed by atoms with Crippen LogP contribution in [0, 0.1) is 11.7 Å². The molecule has 0 saturated carbocycles. The first kappa shape index (κ1) is 23.7. The van der Waals surface area contributed by atoms with E-state index in [1.807, 2.05) is 0 Å². The third-order valence-electron chi connectivity index (χ3n) is 5.92. The van der Waals surface area contributed by atoms with Crippen molar-refractivity contribution in [2.45, 2.75) is 19.4 Å². The number of hydrogen-bond acceptors (Lipinski definition) is 8. The van der Waals surface area contributed by atoms with E-state index in [1.165, 1.54) is 11.0 Å². The van der Waals surface area contributed by atoms with Gasteiger partial charge in [-0.2, -0.15) is 0 Å². The van der Waals surface area contributed by atoms with Crippen molar-refractivity contribution in [2.75, 3.05) is 25.2 Å². The van der Waals surface area contributed by atoms with Gasteiger partial charge in [-0.25, -0.2) is 4.39 Å². The van der Waals surface area contributed by atoms with Gasteiger partial charge in [-0.1, -0.05) is 29.5 Å². The average molecular weight is 512 g/mol. The quantitative estimate of drug-likeness (QED) is 0.522. The van der Waals surface area contributed by atoms with Crippen LogP contribution in [-0.4, -0.2) is 52.7 Å². The molecule has 10 nitrogen and oxygen atoms in total. The highest BCUT2D eigenvalue weighted by atomic mass is 32.1. The molecule has 186 valence electrons. The molecule has 3 heterocycles. The van der Waals surface area contributed by atoms with E-state index in [-0.39, 0.29) is 47.5 Å². The molecule has 1 atom stereocenters. The van der Waals surface area contributed by atoms with Gasteiger partial charge in [0.1, 0.15) is 5.82 Å². The molecule has 2 N–H and O–H groups in total. The number of likely N-dealkylation sites (tertiary alicyclic amines) is 1. The highest BCUT2D eigenvalue weighted by molar-refractivity contribution is 7.15. The van der Waals surface area contributed by atoms with Gasteiger partial charge < -0.3 is 25.0 Å². The lowest BCUT2D eigenvalue weighted by Crippen LogP contribution is -2.45. The third-order valence-corrected chi connectivity index (χ3v) is 6.83. The van der Waals surface area contributed by atoms with E-state index in [1.54, 1.807) is 36.4 Å². The summed E-state index contributed by atoms with van der Waals surface area (Å²) in [7, 11) is 0. The summed E-state index contributed by atoms with van der Waals surface area (Å²) in [6, 6.07) is 11.2. The van der Waals surface area contributed by atoms with Crippen LogP contribution in [0.2, 0.25) is 0 Å². The number of nitrogens with one attached hydrogen (secondary N) is 2. The van der Waals surface area contributed by atoms with Crippen molar-refractivity contribution in [3.8, 4) is 11.5 Å². The Hall–Kier alpha value is -4.06. The van der Waals surface area contributed by atoms with Gasteiger partial charge in [0.05, 0.1) is 5.92 Å². The predicted octanol–water partition coefficient (Wildman–Crippen LogP) is 2.83. The highest BCUT2D eigenvalue weighted by Crippen LogP contribution is 2.34. The van der Waals surface area contributed by atoms with E-state index < -0.39 is 11.8 Å². The van der Waals surface area contributed by atoms with E-state index in [2.05, 4.69) is 20.8 Å². The van der Waals surface area contributed by atoms with Gasteiger partial charge in [-0.05, 0) is 31.0 Å². The van der Waals surface area contributed by atoms with E-state index in [9.17, 15) is 18.8 Å². The molecule has 2 aromatic carbocycles. The number of carbonyl (C=O) groups is 3. The summed E-state index contributed by atoms with van der Waals surface area (Å²) in [4.78, 5) is 39.8. The zero-order valence-electron chi connectivity index (χ0n) is 19.0. The Morgan fingerprint density at radius 3 is 2.75 bits per heavy atom. The number of amides is 3. The van der Waals surface area contributed by atoms with Gasteiger partial charge in [-0.3, -0.25) is 14.4 Å². The summed E-state index contributed by atoms with van der Waals surface area (Å²) in [5, 5.41) is 13.3. The van der Waals surface area contributed by atoms with Crippen molar-refractivity contribution in [1.29, 1.82) is 0 Å². The topological polar surface area (TPSA) is 123 Å². The van der Waals surface area contributed by atoms with Gasteiger partial charge in [0.2, 0.25) is 22.7 Å². The minimum absolute atomic E-state index is 0.0345. The van der Waals surface area contributed by atoms with Crippen LogP contribution in [0.15, 0.2) is 42.5 Å². The van der Waals surface area contributed by atoms with Crippen LogP contribution in [-0.2, 0) is 11.3 Å². The lowest BCUT2D eigenvalue weighted by molar-refractivity contribution is -0.126. The number of anilines is 1. The molecule has 36 heavy (non-hydrogen) atoms. The van der Waals surface area contributed by atoms with Crippen molar-refractivity contribution in [3.63, 3.8) is 0 Å². The largest absolute Gasteiger partial charge is 0.454 e. The van der Waals surface area contributed by atoms with Gasteiger partial charge in [0.15, 0.2) is 11.5 Å². The predicted molar refractivity (Wildman–Crippen MR) is 127 cm³/mol. The summed E-state index contributed by atoms with van der Waals surface area (Å²) < 4.78 is 24.4. The van der Waals surface area contributed by atoms with E-state index >= 15 is 0 Å². The lowest BCUT2D eigenvalue weighted by Gasteiger charge is -2.31. The fourth-order valence-corrected chi connectivity index (χ4v) is 4.75. The zero-order chi connectivity index (χ0) is 25.1. The fourth-order valence-electron chi connectivity index (χ4n) is 4.04. The molecule has 1 saturated heterocycles. The second kappa shape index (κ2) is 10.3. The Morgan fingerprint density at radius 2 is 1.89 bits per heavy atom. The van der Waals surface area contributed by atoms with Gasteiger partial charge in [0.25, 0.3) is 11.8 Å². The standard InChI is InChI=1S/C24H22FN5O5S/c25-17-6-2-1-4-14(17)11-26-20(31)15-5-3-9-30(12-15)24(33)23-29-28-22(36-23)21(32)27-16-7-8-18-19(10-16)35-13-34-18/h1-2,4,6-8,10,15H,3,5,9,11-13H2,(H,26,31)(H,27,32)/t15-/m0/s1. The molecule has 0 unspecified atom stereocenters. The van der Waals surface area contributed by atoms with Crippen LogP contribution in [0.5, 0.6) is 11.5 Å². The third kappa shape index (κ3) is 5.13. The number of fused-ring (bicyclic) bond motifs is 1. The van der Waals surface area contributed by atoms with Gasteiger partial charge >= 0.3 is 0 Å². The number of hydrogen-bond donors (Lipinski definition) is 2. The molecule has 3 aromatic rings. The van der Waals surface area contributed by atoms with E-state index in [0.29, 0.717) is 42.1 Å². The molecule has 3 amide bonds. The van der Waals surface area contributed by atoms with Crippen LogP contribution in [0.1, 0.15) is 38.0 Å². The minimum atomic E-state index is -0.505. The van der Waals surface area contributed by atoms with E-state index in [0.717, 1.165) is 11.3 Å². The maximum Gasteiger partial charge on any atom is 0.286 e. The monoisotopic (exact) mass is 511 g/mol. The summed E-state index contributed by atoms with van der Waals surface area (Å²) in [6.07, 6.45) is 1.26. The molecule has 2 aliphatic heterocycles. The number of ether oxygens (including phenoxy) is 2. The Morgan fingerprint density at radius 1 is 1.08 bits per heavy atom. The molecule has 5 rings (SSSR count). The molecule has 12 heteroatoms. The van der Waals surface area contributed by atoms with Crippen LogP contribution in [0.25, 0.3) is 0 Å². The molecule has 0 spiro atoms. The number of aromatic nitrogens is 2. The summed E-state index contributed by atoms with van der Waals surface area (Å²) in [5.41, 5.74) is 0.891. The molecule has 1 fully saturated rings. The highest BCUT2D eigenvalue weighted by Gasteiger charge is 2.31. The minimum Gasteiger partial charge on any atom is -0.454 e. The smallest absolute Gasteiger partial charge is 0.286 e. The number of rotatable bonds is 6. The van der Waals surface area contributed by atoms with Crippen molar-refractivity contribution in [2.24, 2.45) is 5.92 Å². The normalized spacial score (nSPS) is 16.5. The first-order chi connectivity index (χ1) is 17.5. The fraction of sp³-hybridized carbons (Fsp3) is 0.292. The summed E-state index contributed by atoms with van der Waals surface area (Å²) >= 11 is 0.883. The van der Waals surface area contributed by atoms with Crippen LogP contribution >= 0.6 is 11.3 Å². The Bertz CT molecular complexity index is 1320. The number of piperidine rings is 1. The molecule has 0 aliphatic carbocycles. The molecule has 0 bridgehead atoms. The van der Waals surface area contributed by atoms with Crippen LogP contribution in [0.4, 0.5) is 10.1 Å². The van der Waals surface area contributed by atoms with E-state index in [4.69, 9.17) is 9.47 Å².